The van der Waals surface area contributed by atoms with Crippen molar-refractivity contribution in [2.45, 2.75) is 11.8 Å². The predicted octanol–water partition coefficient (Wildman–Crippen LogP) is 3.12. The quantitative estimate of drug-likeness (QED) is 0.608. The molecular weight excluding hydrogens is 394 g/mol. The van der Waals surface area contributed by atoms with Crippen LogP contribution >= 0.6 is 22.6 Å². The molecule has 0 fully saturated rings. The standard InChI is InChI=1S/C13H12FIN2O2S/c1-8-12(14)6-10(16)7-13(8)20(18,19)17-11-4-2-3-9(15)5-11/h2-7,17H,16H2,1H3. The van der Waals surface area contributed by atoms with Crippen LogP contribution in [0.2, 0.25) is 0 Å². The number of benzene rings is 2. The number of hydrogen-bond acceptors (Lipinski definition) is 3. The molecule has 0 amide bonds. The van der Waals surface area contributed by atoms with Crippen molar-refractivity contribution in [2.75, 3.05) is 10.5 Å². The number of hydrogen-bond donors (Lipinski definition) is 2. The van der Waals surface area contributed by atoms with Gasteiger partial charge < -0.3 is 5.73 Å². The van der Waals surface area contributed by atoms with Crippen LogP contribution in [0.5, 0.6) is 0 Å². The minimum absolute atomic E-state index is 0.0392. The van der Waals surface area contributed by atoms with Crippen LogP contribution in [0.1, 0.15) is 5.56 Å². The highest BCUT2D eigenvalue weighted by Gasteiger charge is 2.20. The van der Waals surface area contributed by atoms with Crippen LogP contribution in [-0.4, -0.2) is 8.42 Å². The van der Waals surface area contributed by atoms with Gasteiger partial charge in [-0.25, -0.2) is 12.8 Å². The van der Waals surface area contributed by atoms with Crippen molar-refractivity contribution in [2.24, 2.45) is 0 Å². The molecule has 3 N–H and O–H groups in total. The lowest BCUT2D eigenvalue weighted by Crippen LogP contribution is -2.15. The molecule has 106 valence electrons. The molecule has 0 unspecified atom stereocenters. The molecule has 7 heteroatoms. The third-order valence-corrected chi connectivity index (χ3v) is 4.86. The molecule has 0 heterocycles. The Morgan fingerprint density at radius 1 is 1.25 bits per heavy atom. The summed E-state index contributed by atoms with van der Waals surface area (Å²) in [5.41, 5.74) is 6.03. The molecule has 4 nitrogen and oxygen atoms in total. The summed E-state index contributed by atoms with van der Waals surface area (Å²) in [5.74, 6) is -0.645. The number of nitrogens with two attached hydrogens (primary N) is 1. The van der Waals surface area contributed by atoms with Gasteiger partial charge in [-0.3, -0.25) is 4.72 Å². The summed E-state index contributed by atoms with van der Waals surface area (Å²) in [4.78, 5) is -0.158. The van der Waals surface area contributed by atoms with E-state index >= 15 is 0 Å². The van der Waals surface area contributed by atoms with Gasteiger partial charge in [-0.2, -0.15) is 0 Å². The highest BCUT2D eigenvalue weighted by molar-refractivity contribution is 14.1. The maximum atomic E-state index is 13.6. The van der Waals surface area contributed by atoms with Gasteiger partial charge in [0.25, 0.3) is 10.0 Å². The molecule has 2 aromatic carbocycles. The van der Waals surface area contributed by atoms with Gasteiger partial charge in [0.05, 0.1) is 4.90 Å². The lowest BCUT2D eigenvalue weighted by atomic mass is 10.2. The molecule has 0 aliphatic carbocycles. The first-order valence-corrected chi connectivity index (χ1v) is 8.20. The van der Waals surface area contributed by atoms with E-state index in [1.165, 1.54) is 13.0 Å². The molecule has 2 aromatic rings. The van der Waals surface area contributed by atoms with Gasteiger partial charge in [0.2, 0.25) is 0 Å². The number of rotatable bonds is 3. The van der Waals surface area contributed by atoms with E-state index in [0.717, 1.165) is 9.64 Å². The first-order chi connectivity index (χ1) is 9.29. The van der Waals surface area contributed by atoms with Crippen LogP contribution in [0.15, 0.2) is 41.3 Å². The number of nitrogen functional groups attached to an aromatic ring is 1. The van der Waals surface area contributed by atoms with E-state index in [1.807, 2.05) is 6.07 Å². The number of halogens is 2. The molecule has 0 aliphatic rings. The molecular formula is C13H12FIN2O2S. The molecule has 0 radical (unpaired) electrons. The Bertz CT molecular complexity index is 763. The second-order valence-electron chi connectivity index (χ2n) is 4.24. The van der Waals surface area contributed by atoms with Crippen molar-refractivity contribution in [3.05, 3.63) is 51.3 Å². The molecule has 0 atom stereocenters. The fourth-order valence-electron chi connectivity index (χ4n) is 1.71. The Balaban J connectivity index is 2.46. The third-order valence-electron chi connectivity index (χ3n) is 2.69. The fourth-order valence-corrected chi connectivity index (χ4v) is 3.60. The normalized spacial score (nSPS) is 11.3. The van der Waals surface area contributed by atoms with Gasteiger partial charge in [-0.05, 0) is 59.8 Å². The van der Waals surface area contributed by atoms with Gasteiger partial charge >= 0.3 is 0 Å². The minimum atomic E-state index is -3.88. The van der Waals surface area contributed by atoms with Gasteiger partial charge in [-0.1, -0.05) is 6.07 Å². The largest absolute Gasteiger partial charge is 0.399 e. The molecule has 0 spiro atoms. The van der Waals surface area contributed by atoms with Gasteiger partial charge in [0.1, 0.15) is 5.82 Å². The van der Waals surface area contributed by atoms with E-state index in [-0.39, 0.29) is 16.1 Å². The first kappa shape index (κ1) is 15.0. The van der Waals surface area contributed by atoms with Crippen molar-refractivity contribution in [3.8, 4) is 0 Å². The average molecular weight is 406 g/mol. The molecule has 20 heavy (non-hydrogen) atoms. The molecule has 0 aliphatic heterocycles. The maximum absolute atomic E-state index is 13.6. The molecule has 0 saturated heterocycles. The zero-order valence-electron chi connectivity index (χ0n) is 10.5. The summed E-state index contributed by atoms with van der Waals surface area (Å²) < 4.78 is 41.5. The molecule has 2 rings (SSSR count). The second kappa shape index (κ2) is 5.57. The summed E-state index contributed by atoms with van der Waals surface area (Å²) in [7, 11) is -3.88. The Kier molecular flexibility index (Phi) is 4.19. The zero-order chi connectivity index (χ0) is 14.9. The van der Waals surface area contributed by atoms with Crippen molar-refractivity contribution >= 4 is 44.0 Å². The monoisotopic (exact) mass is 406 g/mol. The van der Waals surface area contributed by atoms with E-state index in [0.29, 0.717) is 5.69 Å². The number of anilines is 2. The van der Waals surface area contributed by atoms with Crippen LogP contribution in [-0.2, 0) is 10.0 Å². The Morgan fingerprint density at radius 3 is 2.60 bits per heavy atom. The van der Waals surface area contributed by atoms with Crippen molar-refractivity contribution in [1.29, 1.82) is 0 Å². The first-order valence-electron chi connectivity index (χ1n) is 5.63. The van der Waals surface area contributed by atoms with Crippen LogP contribution in [0.4, 0.5) is 15.8 Å². The van der Waals surface area contributed by atoms with E-state index in [4.69, 9.17) is 5.73 Å². The summed E-state index contributed by atoms with van der Waals surface area (Å²) in [6, 6.07) is 9.21. The van der Waals surface area contributed by atoms with E-state index in [2.05, 4.69) is 27.3 Å². The topological polar surface area (TPSA) is 72.2 Å². The molecule has 0 saturated carbocycles. The molecule has 0 bridgehead atoms. The lowest BCUT2D eigenvalue weighted by molar-refractivity contribution is 0.591. The highest BCUT2D eigenvalue weighted by atomic mass is 127. The van der Waals surface area contributed by atoms with Crippen molar-refractivity contribution in [3.63, 3.8) is 0 Å². The fraction of sp³-hybridized carbons (Fsp3) is 0.0769. The zero-order valence-corrected chi connectivity index (χ0v) is 13.5. The van der Waals surface area contributed by atoms with Crippen LogP contribution < -0.4 is 10.5 Å². The van der Waals surface area contributed by atoms with Gasteiger partial charge in [0, 0.05) is 20.5 Å². The average Bonchev–Trinajstić information content (AvgIpc) is 2.33. The Hall–Kier alpha value is -1.35. The predicted molar refractivity (Wildman–Crippen MR) is 85.5 cm³/mol. The third kappa shape index (κ3) is 3.21. The maximum Gasteiger partial charge on any atom is 0.262 e. The van der Waals surface area contributed by atoms with Crippen LogP contribution in [0.3, 0.4) is 0 Å². The van der Waals surface area contributed by atoms with Crippen LogP contribution in [0, 0.1) is 16.3 Å². The van der Waals surface area contributed by atoms with Gasteiger partial charge in [-0.15, -0.1) is 0 Å². The minimum Gasteiger partial charge on any atom is -0.399 e. The Labute approximate surface area is 130 Å². The molecule has 0 aromatic heterocycles. The second-order valence-corrected chi connectivity index (χ2v) is 7.14. The smallest absolute Gasteiger partial charge is 0.262 e. The summed E-state index contributed by atoms with van der Waals surface area (Å²) in [6.07, 6.45) is 0. The number of nitrogens with one attached hydrogen (secondary N) is 1. The number of sulfonamides is 1. The highest BCUT2D eigenvalue weighted by Crippen LogP contribution is 2.24. The van der Waals surface area contributed by atoms with Crippen molar-refractivity contribution in [1.82, 2.24) is 0 Å². The van der Waals surface area contributed by atoms with Crippen molar-refractivity contribution < 1.29 is 12.8 Å². The van der Waals surface area contributed by atoms with E-state index < -0.39 is 15.8 Å². The van der Waals surface area contributed by atoms with E-state index in [1.54, 1.807) is 18.2 Å². The Morgan fingerprint density at radius 2 is 1.95 bits per heavy atom. The van der Waals surface area contributed by atoms with Gasteiger partial charge in [0.15, 0.2) is 0 Å². The summed E-state index contributed by atoms with van der Waals surface area (Å²) >= 11 is 2.07. The summed E-state index contributed by atoms with van der Waals surface area (Å²) in [6.45, 7) is 1.40. The van der Waals surface area contributed by atoms with Crippen LogP contribution in [0.25, 0.3) is 0 Å². The lowest BCUT2D eigenvalue weighted by Gasteiger charge is -2.12. The summed E-state index contributed by atoms with van der Waals surface area (Å²) in [5, 5.41) is 0. The SMILES string of the molecule is Cc1c(F)cc(N)cc1S(=O)(=O)Nc1cccc(I)c1. The van der Waals surface area contributed by atoms with E-state index in [9.17, 15) is 12.8 Å².